The standard InChI is InChI=1S/C21H20N4O2S2/c1-10(26)9-16-19-24-23-13(4)25(19)20-17(11(2)12(3)29-20)18(22-16)14-5-7-15(8-6-14)21(27)28/h5-8,16H,9H2,1-4H3,(H,27,28)/t16-/m0/s1. The van der Waals surface area contributed by atoms with Gasteiger partial charge in [0.1, 0.15) is 22.7 Å². The Balaban J connectivity index is 1.99. The molecule has 4 rings (SSSR count). The fourth-order valence-corrected chi connectivity index (χ4v) is 4.93. The fraction of sp³-hybridized carbons (Fsp3) is 0.286. The molecule has 2 aromatic heterocycles. The molecule has 0 spiro atoms. The zero-order chi connectivity index (χ0) is 20.9. The number of aliphatic imine (C=N–C) groups is 1. The Labute approximate surface area is 178 Å². The monoisotopic (exact) mass is 424 g/mol. The van der Waals surface area contributed by atoms with Gasteiger partial charge < -0.3 is 0 Å². The van der Waals surface area contributed by atoms with Crippen LogP contribution >= 0.6 is 24.0 Å². The van der Waals surface area contributed by atoms with E-state index >= 15 is 0 Å². The van der Waals surface area contributed by atoms with E-state index in [0.29, 0.717) is 11.4 Å². The molecule has 0 amide bonds. The topological polar surface area (TPSA) is 77.2 Å². The molecule has 3 heterocycles. The van der Waals surface area contributed by atoms with Crippen LogP contribution in [-0.4, -0.2) is 31.4 Å². The number of aryl methyl sites for hydroxylation is 2. The van der Waals surface area contributed by atoms with Crippen molar-refractivity contribution in [1.82, 2.24) is 14.8 Å². The third kappa shape index (κ3) is 3.36. The van der Waals surface area contributed by atoms with Crippen molar-refractivity contribution in [3.8, 4) is 5.00 Å². The van der Waals surface area contributed by atoms with Crippen LogP contribution in [0.4, 0.5) is 0 Å². The van der Waals surface area contributed by atoms with Crippen molar-refractivity contribution in [2.45, 2.75) is 40.2 Å². The molecule has 0 saturated carbocycles. The minimum atomic E-state index is -0.422. The molecule has 0 bridgehead atoms. The minimum Gasteiger partial charge on any atom is -0.300 e. The van der Waals surface area contributed by atoms with Gasteiger partial charge in [-0.1, -0.05) is 12.1 Å². The van der Waals surface area contributed by atoms with E-state index < -0.39 is 6.04 Å². The van der Waals surface area contributed by atoms with Gasteiger partial charge in [-0.3, -0.25) is 19.1 Å². The minimum absolute atomic E-state index is 0.0412. The van der Waals surface area contributed by atoms with E-state index in [1.54, 1.807) is 30.4 Å². The Bertz CT molecular complexity index is 1170. The molecule has 1 atom stereocenters. The maximum Gasteiger partial charge on any atom is 0.216 e. The van der Waals surface area contributed by atoms with Crippen LogP contribution in [-0.2, 0) is 4.79 Å². The van der Waals surface area contributed by atoms with Gasteiger partial charge in [-0.2, -0.15) is 0 Å². The van der Waals surface area contributed by atoms with Crippen molar-refractivity contribution in [1.29, 1.82) is 0 Å². The van der Waals surface area contributed by atoms with E-state index in [0.717, 1.165) is 33.2 Å². The molecule has 0 radical (unpaired) electrons. The first-order chi connectivity index (χ1) is 13.8. The highest BCUT2D eigenvalue weighted by atomic mass is 32.1. The Morgan fingerprint density at radius 3 is 2.45 bits per heavy atom. The van der Waals surface area contributed by atoms with E-state index in [-0.39, 0.29) is 17.3 Å². The summed E-state index contributed by atoms with van der Waals surface area (Å²) < 4.78 is 2.02. The molecule has 0 fully saturated rings. The van der Waals surface area contributed by atoms with Crippen molar-refractivity contribution < 1.29 is 9.59 Å². The summed E-state index contributed by atoms with van der Waals surface area (Å²) in [4.78, 5) is 29.7. The summed E-state index contributed by atoms with van der Waals surface area (Å²) in [5, 5.41) is 9.35. The molecule has 1 aliphatic heterocycles. The summed E-state index contributed by atoms with van der Waals surface area (Å²) in [6.07, 6.45) is 0.252. The number of rotatable bonds is 4. The van der Waals surface area contributed by atoms with Crippen LogP contribution in [0.15, 0.2) is 29.3 Å². The van der Waals surface area contributed by atoms with Crippen LogP contribution in [0.25, 0.3) is 5.00 Å². The number of thiol groups is 1. The molecule has 1 aromatic carbocycles. The Kier molecular flexibility index (Phi) is 5.00. The average Bonchev–Trinajstić information content (AvgIpc) is 3.14. The second-order valence-electron chi connectivity index (χ2n) is 7.19. The van der Waals surface area contributed by atoms with Gasteiger partial charge in [-0.05, 0) is 45.4 Å². The van der Waals surface area contributed by atoms with Gasteiger partial charge in [-0.15, -0.1) is 34.2 Å². The molecule has 148 valence electrons. The molecular weight excluding hydrogens is 404 g/mol. The quantitative estimate of drug-likeness (QED) is 0.637. The number of ketones is 1. The van der Waals surface area contributed by atoms with Crippen molar-refractivity contribution in [3.63, 3.8) is 0 Å². The molecule has 0 saturated heterocycles. The van der Waals surface area contributed by atoms with E-state index in [1.165, 1.54) is 4.88 Å². The molecule has 0 unspecified atom stereocenters. The number of carbonyl (C=O) groups excluding carboxylic acids is 2. The lowest BCUT2D eigenvalue weighted by Gasteiger charge is -2.11. The van der Waals surface area contributed by atoms with Gasteiger partial charge in [0.2, 0.25) is 5.12 Å². The summed E-state index contributed by atoms with van der Waals surface area (Å²) in [5.41, 5.74) is 4.37. The first kappa shape index (κ1) is 19.7. The largest absolute Gasteiger partial charge is 0.300 e. The van der Waals surface area contributed by atoms with Crippen molar-refractivity contribution >= 4 is 40.6 Å². The fourth-order valence-electron chi connectivity index (χ4n) is 3.57. The number of carbonyl (C=O) groups is 2. The maximum atomic E-state index is 12.0. The number of Topliss-reactive ketones (excluding diaryl/α,β-unsaturated/α-hetero) is 1. The molecule has 29 heavy (non-hydrogen) atoms. The van der Waals surface area contributed by atoms with Gasteiger partial charge in [0.15, 0.2) is 5.82 Å². The number of aromatic nitrogens is 3. The van der Waals surface area contributed by atoms with E-state index in [9.17, 15) is 9.59 Å². The van der Waals surface area contributed by atoms with Crippen LogP contribution in [0.5, 0.6) is 0 Å². The van der Waals surface area contributed by atoms with Crippen LogP contribution in [0.1, 0.15) is 63.0 Å². The molecular formula is C21H20N4O2S2. The van der Waals surface area contributed by atoms with Crippen LogP contribution in [0, 0.1) is 20.8 Å². The van der Waals surface area contributed by atoms with Crippen LogP contribution < -0.4 is 0 Å². The molecule has 1 aliphatic rings. The second-order valence-corrected chi connectivity index (χ2v) is 8.80. The number of thiophene rings is 1. The zero-order valence-electron chi connectivity index (χ0n) is 16.6. The predicted octanol–water partition coefficient (Wildman–Crippen LogP) is 4.20. The second kappa shape index (κ2) is 7.35. The van der Waals surface area contributed by atoms with Crippen molar-refractivity contribution in [2.24, 2.45) is 4.99 Å². The van der Waals surface area contributed by atoms with Crippen molar-refractivity contribution in [3.05, 3.63) is 63.0 Å². The number of hydrogen-bond acceptors (Lipinski definition) is 6. The molecule has 3 aromatic rings. The Hall–Kier alpha value is -2.58. The average molecular weight is 425 g/mol. The Morgan fingerprint density at radius 1 is 1.14 bits per heavy atom. The summed E-state index contributed by atoms with van der Waals surface area (Å²) in [5.74, 6) is 1.49. The lowest BCUT2D eigenvalue weighted by atomic mass is 9.98. The number of fused-ring (bicyclic) bond motifs is 3. The highest BCUT2D eigenvalue weighted by molar-refractivity contribution is 7.97. The van der Waals surface area contributed by atoms with E-state index in [1.807, 2.05) is 23.6 Å². The van der Waals surface area contributed by atoms with E-state index in [4.69, 9.17) is 4.99 Å². The summed E-state index contributed by atoms with van der Waals surface area (Å²) in [6.45, 7) is 7.64. The van der Waals surface area contributed by atoms with Crippen molar-refractivity contribution in [2.75, 3.05) is 0 Å². The van der Waals surface area contributed by atoms with Gasteiger partial charge in [0.05, 0.1) is 5.71 Å². The summed E-state index contributed by atoms with van der Waals surface area (Å²) in [6, 6.07) is 6.83. The van der Waals surface area contributed by atoms with Gasteiger partial charge in [0, 0.05) is 28.0 Å². The molecule has 0 aliphatic carbocycles. The lowest BCUT2D eigenvalue weighted by Crippen LogP contribution is -2.09. The highest BCUT2D eigenvalue weighted by Gasteiger charge is 2.31. The normalized spacial score (nSPS) is 15.3. The third-order valence-electron chi connectivity index (χ3n) is 5.13. The van der Waals surface area contributed by atoms with E-state index in [2.05, 4.69) is 36.7 Å². The first-order valence-corrected chi connectivity index (χ1v) is 10.5. The summed E-state index contributed by atoms with van der Waals surface area (Å²) >= 11 is 5.57. The smallest absolute Gasteiger partial charge is 0.216 e. The number of nitrogens with zero attached hydrogens (tertiary/aromatic N) is 4. The van der Waals surface area contributed by atoms with Crippen LogP contribution in [0.3, 0.4) is 0 Å². The molecule has 0 N–H and O–H groups in total. The highest BCUT2D eigenvalue weighted by Crippen LogP contribution is 2.39. The lowest BCUT2D eigenvalue weighted by molar-refractivity contribution is -0.117. The van der Waals surface area contributed by atoms with Gasteiger partial charge >= 0.3 is 0 Å². The molecule has 8 heteroatoms. The Morgan fingerprint density at radius 2 is 1.83 bits per heavy atom. The predicted molar refractivity (Wildman–Crippen MR) is 117 cm³/mol. The number of hydrogen-bond donors (Lipinski definition) is 1. The van der Waals surface area contributed by atoms with Gasteiger partial charge in [0.25, 0.3) is 0 Å². The zero-order valence-corrected chi connectivity index (χ0v) is 18.3. The van der Waals surface area contributed by atoms with Gasteiger partial charge in [-0.25, -0.2) is 0 Å². The SMILES string of the molecule is CC(=O)C[C@@H]1N=C(c2ccc(C(=O)S)cc2)c2c(sc(C)c2C)-n2c(C)nnc21. The summed E-state index contributed by atoms with van der Waals surface area (Å²) in [7, 11) is 0. The molecule has 6 nitrogen and oxygen atoms in total. The number of benzene rings is 1. The maximum absolute atomic E-state index is 12.0. The first-order valence-electron chi connectivity index (χ1n) is 9.21. The third-order valence-corrected chi connectivity index (χ3v) is 6.58. The van der Waals surface area contributed by atoms with Crippen LogP contribution in [0.2, 0.25) is 0 Å².